The summed E-state index contributed by atoms with van der Waals surface area (Å²) in [6.07, 6.45) is 4.67. The molecule has 156 valence electrons. The first-order valence-corrected chi connectivity index (χ1v) is 10.7. The number of anilines is 1. The van der Waals surface area contributed by atoms with E-state index in [1.807, 2.05) is 13.0 Å². The van der Waals surface area contributed by atoms with Crippen molar-refractivity contribution in [2.24, 2.45) is 0 Å². The summed E-state index contributed by atoms with van der Waals surface area (Å²) in [6, 6.07) is 6.26. The van der Waals surface area contributed by atoms with Crippen LogP contribution in [-0.2, 0) is 0 Å². The average molecular weight is 425 g/mol. The summed E-state index contributed by atoms with van der Waals surface area (Å²) in [4.78, 5) is 11.1. The highest BCUT2D eigenvalue weighted by Crippen LogP contribution is 2.42. The zero-order valence-electron chi connectivity index (χ0n) is 17.5. The Bertz CT molecular complexity index is 1130. The quantitative estimate of drug-likeness (QED) is 0.601. The molecular weight excluding hydrogens is 400 g/mol. The van der Waals surface area contributed by atoms with E-state index in [1.54, 1.807) is 27.4 Å². The molecule has 0 spiro atoms. The van der Waals surface area contributed by atoms with E-state index in [4.69, 9.17) is 24.2 Å². The molecule has 0 saturated heterocycles. The minimum atomic E-state index is 0.382. The molecular formula is C22H24N4O3S. The minimum Gasteiger partial charge on any atom is -0.496 e. The lowest BCUT2D eigenvalue weighted by Gasteiger charge is -2.17. The van der Waals surface area contributed by atoms with Crippen LogP contribution in [0.2, 0.25) is 0 Å². The van der Waals surface area contributed by atoms with Crippen molar-refractivity contribution >= 4 is 27.4 Å². The van der Waals surface area contributed by atoms with Crippen LogP contribution in [0.25, 0.3) is 21.6 Å². The van der Waals surface area contributed by atoms with Gasteiger partial charge >= 0.3 is 0 Å². The summed E-state index contributed by atoms with van der Waals surface area (Å²) < 4.78 is 16.5. The molecule has 0 amide bonds. The summed E-state index contributed by atoms with van der Waals surface area (Å²) in [5, 5.41) is 14.1. The maximum Gasteiger partial charge on any atom is 0.167 e. The molecule has 0 bridgehead atoms. The van der Waals surface area contributed by atoms with Crippen LogP contribution in [0.5, 0.6) is 17.2 Å². The molecule has 0 unspecified atom stereocenters. The van der Waals surface area contributed by atoms with E-state index < -0.39 is 0 Å². The van der Waals surface area contributed by atoms with Gasteiger partial charge in [0.05, 0.1) is 32.3 Å². The van der Waals surface area contributed by atoms with E-state index in [-0.39, 0.29) is 0 Å². The van der Waals surface area contributed by atoms with Gasteiger partial charge in [0.2, 0.25) is 0 Å². The summed E-state index contributed by atoms with van der Waals surface area (Å²) in [5.74, 6) is 3.03. The number of nitrogens with one attached hydrogen (secondary N) is 1. The monoisotopic (exact) mass is 424 g/mol. The second-order valence-corrected chi connectivity index (χ2v) is 8.28. The van der Waals surface area contributed by atoms with Gasteiger partial charge < -0.3 is 19.5 Å². The van der Waals surface area contributed by atoms with Crippen molar-refractivity contribution in [3.8, 4) is 34.7 Å². The fourth-order valence-corrected chi connectivity index (χ4v) is 4.92. The van der Waals surface area contributed by atoms with Crippen molar-refractivity contribution in [3.63, 3.8) is 0 Å². The summed E-state index contributed by atoms with van der Waals surface area (Å²) >= 11 is 1.39. The smallest absolute Gasteiger partial charge is 0.167 e. The summed E-state index contributed by atoms with van der Waals surface area (Å²) in [5.41, 5.74) is 1.62. The largest absolute Gasteiger partial charge is 0.496 e. The number of hydrogen-bond acceptors (Lipinski definition) is 8. The number of rotatable bonds is 6. The number of aromatic nitrogens is 2. The first-order chi connectivity index (χ1) is 14.6. The lowest BCUT2D eigenvalue weighted by molar-refractivity contribution is 0.349. The van der Waals surface area contributed by atoms with Crippen LogP contribution in [0.4, 0.5) is 5.82 Å². The highest BCUT2D eigenvalue weighted by atomic mass is 32.1. The van der Waals surface area contributed by atoms with Crippen molar-refractivity contribution in [1.29, 1.82) is 5.26 Å². The number of nitrogens with zero attached hydrogens (tertiary/aromatic N) is 3. The van der Waals surface area contributed by atoms with E-state index in [9.17, 15) is 5.26 Å². The van der Waals surface area contributed by atoms with Gasteiger partial charge in [0.15, 0.2) is 17.3 Å². The number of thiophene rings is 1. The first-order valence-electron chi connectivity index (χ1n) is 9.87. The van der Waals surface area contributed by atoms with Gasteiger partial charge in [0.25, 0.3) is 0 Å². The van der Waals surface area contributed by atoms with Gasteiger partial charge in [-0.15, -0.1) is 11.3 Å². The lowest BCUT2D eigenvalue weighted by Crippen LogP contribution is -2.16. The van der Waals surface area contributed by atoms with Crippen LogP contribution < -0.4 is 19.5 Å². The minimum absolute atomic E-state index is 0.382. The molecule has 1 N–H and O–H groups in total. The predicted octanol–water partition coefficient (Wildman–Crippen LogP) is 4.92. The molecule has 0 atom stereocenters. The van der Waals surface area contributed by atoms with E-state index in [1.165, 1.54) is 24.2 Å². The van der Waals surface area contributed by atoms with Crippen molar-refractivity contribution in [2.45, 2.75) is 38.6 Å². The standard InChI is InChI=1S/C22H24N4O3S/c1-12-18(11-23)30-22-19(12)21(24-13-7-5-6-8-13)25-20(26-22)14-9-16(28-3)17(29-4)10-15(14)27-2/h9-10,13H,5-8H2,1-4H3,(H,24,25,26). The molecule has 30 heavy (non-hydrogen) atoms. The van der Waals surface area contributed by atoms with E-state index in [0.29, 0.717) is 39.6 Å². The van der Waals surface area contributed by atoms with Crippen LogP contribution in [0, 0.1) is 18.3 Å². The summed E-state index contributed by atoms with van der Waals surface area (Å²) in [7, 11) is 4.78. The van der Waals surface area contributed by atoms with Crippen molar-refractivity contribution in [2.75, 3.05) is 26.6 Å². The Hall–Kier alpha value is -3.05. The highest BCUT2D eigenvalue weighted by molar-refractivity contribution is 7.19. The average Bonchev–Trinajstić information content (AvgIpc) is 3.40. The fourth-order valence-electron chi connectivity index (χ4n) is 3.94. The molecule has 8 heteroatoms. The molecule has 4 rings (SSSR count). The van der Waals surface area contributed by atoms with Crippen LogP contribution in [0.15, 0.2) is 12.1 Å². The molecule has 2 aromatic heterocycles. The molecule has 1 saturated carbocycles. The van der Waals surface area contributed by atoms with Gasteiger partial charge in [-0.25, -0.2) is 9.97 Å². The number of hydrogen-bond donors (Lipinski definition) is 1. The second kappa shape index (κ2) is 8.36. The van der Waals surface area contributed by atoms with Gasteiger partial charge in [-0.1, -0.05) is 12.8 Å². The molecule has 1 fully saturated rings. The Morgan fingerprint density at radius 2 is 1.70 bits per heavy atom. The summed E-state index contributed by atoms with van der Waals surface area (Å²) in [6.45, 7) is 1.96. The Morgan fingerprint density at radius 3 is 2.33 bits per heavy atom. The third-order valence-corrected chi connectivity index (χ3v) is 6.62. The molecule has 2 heterocycles. The molecule has 3 aromatic rings. The van der Waals surface area contributed by atoms with Gasteiger partial charge in [0.1, 0.15) is 27.3 Å². The molecule has 7 nitrogen and oxygen atoms in total. The molecule has 1 aliphatic rings. The zero-order valence-corrected chi connectivity index (χ0v) is 18.4. The number of methoxy groups -OCH3 is 3. The van der Waals surface area contributed by atoms with Crippen molar-refractivity contribution in [3.05, 3.63) is 22.6 Å². The maximum atomic E-state index is 9.53. The normalized spacial score (nSPS) is 14.0. The number of aryl methyl sites for hydroxylation is 1. The van der Waals surface area contributed by atoms with Crippen molar-refractivity contribution in [1.82, 2.24) is 9.97 Å². The van der Waals surface area contributed by atoms with Gasteiger partial charge in [-0.2, -0.15) is 5.26 Å². The Labute approximate surface area is 179 Å². The number of benzene rings is 1. The fraction of sp³-hybridized carbons (Fsp3) is 0.409. The van der Waals surface area contributed by atoms with Gasteiger partial charge in [-0.05, 0) is 31.4 Å². The third-order valence-electron chi connectivity index (χ3n) is 5.53. The maximum absolute atomic E-state index is 9.53. The molecule has 1 aliphatic carbocycles. The van der Waals surface area contributed by atoms with Gasteiger partial charge in [0, 0.05) is 12.1 Å². The lowest BCUT2D eigenvalue weighted by atomic mass is 10.1. The van der Waals surface area contributed by atoms with Crippen LogP contribution in [0.1, 0.15) is 36.1 Å². The first kappa shape index (κ1) is 20.2. The number of nitriles is 1. The van der Waals surface area contributed by atoms with E-state index in [2.05, 4.69) is 11.4 Å². The Morgan fingerprint density at radius 1 is 1.03 bits per heavy atom. The van der Waals surface area contributed by atoms with Crippen LogP contribution in [0.3, 0.4) is 0 Å². The van der Waals surface area contributed by atoms with Crippen LogP contribution >= 0.6 is 11.3 Å². The second-order valence-electron chi connectivity index (χ2n) is 7.28. The Balaban J connectivity index is 1.92. The third kappa shape index (κ3) is 3.50. The van der Waals surface area contributed by atoms with E-state index in [0.717, 1.165) is 34.4 Å². The van der Waals surface area contributed by atoms with Crippen LogP contribution in [-0.4, -0.2) is 37.3 Å². The Kier molecular flexibility index (Phi) is 5.64. The van der Waals surface area contributed by atoms with Gasteiger partial charge in [-0.3, -0.25) is 0 Å². The number of fused-ring (bicyclic) bond motifs is 1. The zero-order chi connectivity index (χ0) is 21.3. The molecule has 1 aromatic carbocycles. The molecule has 0 radical (unpaired) electrons. The molecule has 0 aliphatic heterocycles. The predicted molar refractivity (Wildman–Crippen MR) is 118 cm³/mol. The number of ether oxygens (including phenoxy) is 3. The SMILES string of the molecule is COc1cc(OC)c(-c2nc(NC3CCCC3)c3c(C)c(C#N)sc3n2)cc1OC. The topological polar surface area (TPSA) is 89.3 Å². The van der Waals surface area contributed by atoms with E-state index >= 15 is 0 Å². The highest BCUT2D eigenvalue weighted by Gasteiger charge is 2.23. The van der Waals surface area contributed by atoms with Crippen molar-refractivity contribution < 1.29 is 14.2 Å².